The van der Waals surface area contributed by atoms with Gasteiger partial charge in [0.15, 0.2) is 0 Å². The Hall–Kier alpha value is 0.949. The Bertz CT molecular complexity index is 81.7. The zero-order valence-electron chi connectivity index (χ0n) is 3.21. The van der Waals surface area contributed by atoms with E-state index in [1.807, 2.05) is 0 Å². The van der Waals surface area contributed by atoms with Crippen molar-refractivity contribution in [2.45, 2.75) is 0 Å². The van der Waals surface area contributed by atoms with Crippen LogP contribution >= 0.6 is 21.1 Å². The molecule has 0 aromatic rings. The standard InChI is InChI=1S/CH3N2Se.S2Se/c2-1(3)4;1-3-2/h(H3,2,3);. The van der Waals surface area contributed by atoms with E-state index in [1.54, 1.807) is 0 Å². The van der Waals surface area contributed by atoms with E-state index in [-0.39, 0.29) is 16.4 Å². The fourth-order valence-corrected chi connectivity index (χ4v) is 0. The van der Waals surface area contributed by atoms with E-state index in [1.165, 1.54) is 0 Å². The molecule has 0 rings (SSSR count). The van der Waals surface area contributed by atoms with Crippen molar-refractivity contribution in [2.24, 2.45) is 5.73 Å². The Balaban J connectivity index is 0. The van der Waals surface area contributed by atoms with Crippen molar-refractivity contribution in [3.63, 3.8) is 0 Å². The van der Waals surface area contributed by atoms with Gasteiger partial charge in [0.25, 0.3) is 0 Å². The summed E-state index contributed by atoms with van der Waals surface area (Å²) in [5.74, 6) is 0. The van der Waals surface area contributed by atoms with Crippen LogP contribution in [0.2, 0.25) is 0 Å². The second-order valence-corrected chi connectivity index (χ2v) is 4.47. The molecule has 0 aliphatic heterocycles. The summed E-state index contributed by atoms with van der Waals surface area (Å²) in [5, 5.41) is 6.22. The normalized spacial score (nSPS) is 5.14. The van der Waals surface area contributed by atoms with Crippen molar-refractivity contribution in [1.29, 1.82) is 5.41 Å². The van der Waals surface area contributed by atoms with Crippen LogP contribution in [-0.4, -0.2) is 32.4 Å². The number of amidine groups is 1. The van der Waals surface area contributed by atoms with Crippen molar-refractivity contribution in [3.8, 4) is 0 Å². The quantitative estimate of drug-likeness (QED) is 0.367. The van der Waals surface area contributed by atoms with Gasteiger partial charge in [-0.15, -0.1) is 0 Å². The van der Waals surface area contributed by atoms with E-state index in [0.717, 1.165) is 0 Å². The molecule has 0 bridgehead atoms. The van der Waals surface area contributed by atoms with Crippen LogP contribution in [0, 0.1) is 5.41 Å². The molecule has 0 fully saturated rings. The molecule has 6 heteroatoms. The fourth-order valence-electron chi connectivity index (χ4n) is 0. The van der Waals surface area contributed by atoms with E-state index in [0.29, 0.717) is 0 Å². The van der Waals surface area contributed by atoms with E-state index < -0.39 is 0 Å². The van der Waals surface area contributed by atoms with Crippen molar-refractivity contribution in [2.75, 3.05) is 0 Å². The molecule has 0 saturated heterocycles. The number of hydrogen-bond donors (Lipinski definition) is 2. The van der Waals surface area contributed by atoms with E-state index >= 15 is 0 Å². The summed E-state index contributed by atoms with van der Waals surface area (Å²) in [7, 11) is 8.54. The minimum absolute atomic E-state index is 0.0417. The van der Waals surface area contributed by atoms with E-state index in [4.69, 9.17) is 5.41 Å². The molecule has 2 nitrogen and oxygen atoms in total. The van der Waals surface area contributed by atoms with Gasteiger partial charge < -0.3 is 0 Å². The Morgan fingerprint density at radius 1 is 1.71 bits per heavy atom. The van der Waals surface area contributed by atoms with Gasteiger partial charge in [0.05, 0.1) is 0 Å². The number of rotatable bonds is 0. The molecular weight excluding hydrogens is 262 g/mol. The predicted octanol–water partition coefficient (Wildman–Crippen LogP) is -0.0360. The Kier molecular flexibility index (Phi) is 15.6. The Morgan fingerprint density at radius 2 is 1.71 bits per heavy atom. The van der Waals surface area contributed by atoms with E-state index in [9.17, 15) is 0 Å². The van der Waals surface area contributed by atoms with Gasteiger partial charge in [0, 0.05) is 0 Å². The van der Waals surface area contributed by atoms with Gasteiger partial charge in [-0.05, 0) is 0 Å². The SMILES string of the molecule is N=C(N)[Se].S=[Se]=S. The average molecular weight is 265 g/mol. The molecule has 0 saturated carbocycles. The molecule has 0 spiro atoms. The van der Waals surface area contributed by atoms with Gasteiger partial charge in [-0.1, -0.05) is 0 Å². The van der Waals surface area contributed by atoms with Gasteiger partial charge in [-0.25, -0.2) is 0 Å². The van der Waals surface area contributed by atoms with Crippen molar-refractivity contribution in [1.82, 2.24) is 0 Å². The van der Waals surface area contributed by atoms with Crippen LogP contribution in [0.4, 0.5) is 0 Å². The molecule has 0 amide bonds. The monoisotopic (exact) mass is 267 g/mol. The van der Waals surface area contributed by atoms with Gasteiger partial charge in [0.2, 0.25) is 0 Å². The summed E-state index contributed by atoms with van der Waals surface area (Å²) in [6.07, 6.45) is 0. The van der Waals surface area contributed by atoms with Crippen LogP contribution in [0.5, 0.6) is 0 Å². The number of hydrogen-bond acceptors (Lipinski definition) is 3. The van der Waals surface area contributed by atoms with E-state index in [2.05, 4.69) is 42.9 Å². The molecule has 0 aliphatic rings. The maximum absolute atomic E-state index is 6.22. The first-order chi connectivity index (χ1) is 3.15. The molecule has 0 aromatic heterocycles. The molecule has 0 aromatic carbocycles. The summed E-state index contributed by atoms with van der Waals surface area (Å²) in [6, 6.07) is 0. The second kappa shape index (κ2) is 10.0. The third kappa shape index (κ3) is 189. The maximum atomic E-state index is 6.22. The molecule has 0 aliphatic carbocycles. The van der Waals surface area contributed by atoms with Crippen molar-refractivity contribution < 1.29 is 0 Å². The van der Waals surface area contributed by atoms with Crippen LogP contribution < -0.4 is 5.73 Å². The third-order valence-electron chi connectivity index (χ3n) is 0. The van der Waals surface area contributed by atoms with Gasteiger partial charge in [-0.2, -0.15) is 0 Å². The zero-order chi connectivity index (χ0) is 6.28. The van der Waals surface area contributed by atoms with Gasteiger partial charge in [-0.3, -0.25) is 0 Å². The van der Waals surface area contributed by atoms with Crippen molar-refractivity contribution in [3.05, 3.63) is 0 Å². The minimum atomic E-state index is 0.0417. The molecule has 0 heterocycles. The summed E-state index contributed by atoms with van der Waals surface area (Å²) >= 11 is 2.31. The molecule has 3 N–H and O–H groups in total. The average Bonchev–Trinajstić information content (AvgIpc) is 1.33. The van der Waals surface area contributed by atoms with Crippen LogP contribution in [0.1, 0.15) is 0 Å². The summed E-state index contributed by atoms with van der Waals surface area (Å²) in [5.41, 5.74) is 4.64. The molecule has 0 unspecified atom stereocenters. The number of nitrogens with one attached hydrogen (secondary N) is 1. The topological polar surface area (TPSA) is 49.9 Å². The molecule has 0 atom stereocenters. The first-order valence-corrected chi connectivity index (χ1v) is 6.80. The number of nitrogens with two attached hydrogens (primary N) is 1. The summed E-state index contributed by atoms with van der Waals surface area (Å²) in [6.45, 7) is 0. The van der Waals surface area contributed by atoms with Gasteiger partial charge >= 0.3 is 64.7 Å². The molecular formula is CH3N2S2Se2. The fraction of sp³-hybridized carbons (Fsp3) is 0. The first kappa shape index (κ1) is 10.8. The van der Waals surface area contributed by atoms with Crippen molar-refractivity contribution >= 4 is 53.6 Å². The van der Waals surface area contributed by atoms with Crippen LogP contribution in [-0.2, 0) is 0 Å². The third-order valence-corrected chi connectivity index (χ3v) is 0. The molecule has 41 valence electrons. The van der Waals surface area contributed by atoms with Crippen LogP contribution in [0.15, 0.2) is 0 Å². The summed E-state index contributed by atoms with van der Waals surface area (Å²) < 4.78 is 0.0417. The van der Waals surface area contributed by atoms with Crippen LogP contribution in [0.25, 0.3) is 0 Å². The molecule has 7 heavy (non-hydrogen) atoms. The summed E-state index contributed by atoms with van der Waals surface area (Å²) in [4.78, 5) is 0. The zero-order valence-corrected chi connectivity index (χ0v) is 8.27. The Morgan fingerprint density at radius 3 is 1.71 bits per heavy atom. The Labute approximate surface area is 64.4 Å². The predicted molar refractivity (Wildman–Crippen MR) is 38.6 cm³/mol. The first-order valence-electron chi connectivity index (χ1n) is 1.08. The van der Waals surface area contributed by atoms with Gasteiger partial charge in [0.1, 0.15) is 0 Å². The second-order valence-electron chi connectivity index (χ2n) is 0.432. The molecule has 1 radical (unpaired) electrons. The van der Waals surface area contributed by atoms with Crippen LogP contribution in [0.3, 0.4) is 0 Å².